The number of benzene rings is 1. The van der Waals surface area contributed by atoms with Gasteiger partial charge in [-0.2, -0.15) is 4.31 Å². The quantitative estimate of drug-likeness (QED) is 0.201. The molecule has 236 valence electrons. The van der Waals surface area contributed by atoms with Gasteiger partial charge in [0.2, 0.25) is 10.0 Å². The minimum absolute atomic E-state index is 0.0684. The molecule has 12 heteroatoms. The number of nitrogens with one attached hydrogen (secondary N) is 2. The highest BCUT2D eigenvalue weighted by Gasteiger charge is 2.34. The number of H-pyrrole nitrogens is 2. The van der Waals surface area contributed by atoms with Gasteiger partial charge in [-0.25, -0.2) is 18.4 Å². The van der Waals surface area contributed by atoms with Crippen molar-refractivity contribution in [3.63, 3.8) is 0 Å². The molecule has 43 heavy (non-hydrogen) atoms. The summed E-state index contributed by atoms with van der Waals surface area (Å²) in [6, 6.07) is 6.98. The standard InChI is InChI=1S/C31H47N7O4S/c1-4-19-36(20-5-2)25-9-11-26(12-10-25)38(28(6-3)31(39)40)21-24-7-13-27(14-8-24)43(41,42)37(22-29-32-15-16-33-29)23-30-34-17-18-35-30/h7-8,13-18,25-26,28H,4-6,9-12,19-23H2,1-3H3,(H,32,33)(H,34,35)(H,39,40)/t25-,26-,28?. The number of hydrogen-bond donors (Lipinski definition) is 3. The van der Waals surface area contributed by atoms with E-state index < -0.39 is 22.0 Å². The number of nitrogens with zero attached hydrogens (tertiary/aromatic N) is 5. The number of sulfonamides is 1. The molecule has 1 unspecified atom stereocenters. The van der Waals surface area contributed by atoms with E-state index in [9.17, 15) is 18.3 Å². The predicted molar refractivity (Wildman–Crippen MR) is 166 cm³/mol. The molecule has 3 N–H and O–H groups in total. The molecule has 1 atom stereocenters. The highest BCUT2D eigenvalue weighted by Crippen LogP contribution is 2.30. The lowest BCUT2D eigenvalue weighted by molar-refractivity contribution is -0.145. The maximum absolute atomic E-state index is 13.7. The number of carbonyl (C=O) groups is 1. The van der Waals surface area contributed by atoms with Crippen LogP contribution in [0.3, 0.4) is 0 Å². The van der Waals surface area contributed by atoms with Crippen LogP contribution in [0.2, 0.25) is 0 Å². The van der Waals surface area contributed by atoms with E-state index in [1.165, 1.54) is 4.31 Å². The summed E-state index contributed by atoms with van der Waals surface area (Å²) in [5.74, 6) is 0.252. The molecule has 11 nitrogen and oxygen atoms in total. The molecule has 0 aliphatic heterocycles. The summed E-state index contributed by atoms with van der Waals surface area (Å²) in [4.78, 5) is 31.6. The van der Waals surface area contributed by atoms with Gasteiger partial charge in [-0.15, -0.1) is 0 Å². The third-order valence-electron chi connectivity index (χ3n) is 8.43. The molecule has 0 spiro atoms. The van der Waals surface area contributed by atoms with Crippen LogP contribution in [0.1, 0.15) is 82.9 Å². The molecular formula is C31H47N7O4S. The van der Waals surface area contributed by atoms with Crippen molar-refractivity contribution in [2.24, 2.45) is 0 Å². The minimum Gasteiger partial charge on any atom is -0.480 e. The summed E-state index contributed by atoms with van der Waals surface area (Å²) in [5, 5.41) is 10.1. The number of rotatable bonds is 17. The Labute approximate surface area is 255 Å². The van der Waals surface area contributed by atoms with E-state index in [-0.39, 0.29) is 24.0 Å². The first-order valence-corrected chi connectivity index (χ1v) is 17.0. The molecule has 1 aliphatic rings. The first-order chi connectivity index (χ1) is 20.8. The zero-order chi connectivity index (χ0) is 30.8. The first-order valence-electron chi connectivity index (χ1n) is 15.5. The van der Waals surface area contributed by atoms with Crippen LogP contribution in [-0.4, -0.2) is 84.7 Å². The van der Waals surface area contributed by atoms with Crippen molar-refractivity contribution in [3.8, 4) is 0 Å². The van der Waals surface area contributed by atoms with E-state index in [4.69, 9.17) is 0 Å². The van der Waals surface area contributed by atoms with E-state index >= 15 is 0 Å². The van der Waals surface area contributed by atoms with Crippen molar-refractivity contribution in [1.29, 1.82) is 0 Å². The van der Waals surface area contributed by atoms with Crippen LogP contribution in [0.25, 0.3) is 0 Å². The molecule has 0 amide bonds. The molecule has 2 aromatic heterocycles. The van der Waals surface area contributed by atoms with Gasteiger partial charge in [0.15, 0.2) is 0 Å². The Bertz CT molecular complexity index is 1300. The van der Waals surface area contributed by atoms with Crippen molar-refractivity contribution in [3.05, 3.63) is 66.3 Å². The van der Waals surface area contributed by atoms with Crippen molar-refractivity contribution in [2.75, 3.05) is 13.1 Å². The second-order valence-corrected chi connectivity index (χ2v) is 13.4. The maximum atomic E-state index is 13.7. The molecule has 0 bridgehead atoms. The largest absolute Gasteiger partial charge is 0.480 e. The van der Waals surface area contributed by atoms with Crippen LogP contribution in [-0.2, 0) is 34.5 Å². The summed E-state index contributed by atoms with van der Waals surface area (Å²) in [5.41, 5.74) is 0.892. The van der Waals surface area contributed by atoms with Crippen LogP contribution in [0, 0.1) is 0 Å². The fourth-order valence-corrected chi connectivity index (χ4v) is 7.67. The lowest BCUT2D eigenvalue weighted by Gasteiger charge is -2.42. The zero-order valence-electron chi connectivity index (χ0n) is 25.7. The summed E-state index contributed by atoms with van der Waals surface area (Å²) in [6.45, 7) is 9.17. The number of aromatic nitrogens is 4. The fourth-order valence-electron chi connectivity index (χ4n) is 6.31. The van der Waals surface area contributed by atoms with E-state index in [2.05, 4.69) is 43.6 Å². The van der Waals surface area contributed by atoms with Gasteiger partial charge >= 0.3 is 5.97 Å². The molecule has 2 heterocycles. The van der Waals surface area contributed by atoms with Crippen LogP contribution in [0.4, 0.5) is 0 Å². The van der Waals surface area contributed by atoms with Crippen molar-refractivity contribution < 1.29 is 18.3 Å². The summed E-state index contributed by atoms with van der Waals surface area (Å²) < 4.78 is 28.8. The molecule has 1 saturated carbocycles. The second kappa shape index (κ2) is 15.6. The Balaban J connectivity index is 1.50. The number of imidazole rings is 2. The highest BCUT2D eigenvalue weighted by atomic mass is 32.2. The molecular weight excluding hydrogens is 566 g/mol. The normalized spacial score (nSPS) is 18.5. The Morgan fingerprint density at radius 3 is 1.86 bits per heavy atom. The smallest absolute Gasteiger partial charge is 0.320 e. The van der Waals surface area contributed by atoms with Gasteiger partial charge in [-0.1, -0.05) is 32.9 Å². The number of aliphatic carboxylic acids is 1. The van der Waals surface area contributed by atoms with Crippen molar-refractivity contribution in [1.82, 2.24) is 34.0 Å². The van der Waals surface area contributed by atoms with E-state index in [0.29, 0.717) is 30.7 Å². The Hall–Kier alpha value is -3.06. The van der Waals surface area contributed by atoms with Gasteiger partial charge in [-0.3, -0.25) is 9.69 Å². The van der Waals surface area contributed by atoms with Crippen LogP contribution >= 0.6 is 0 Å². The van der Waals surface area contributed by atoms with Gasteiger partial charge in [0.1, 0.15) is 17.7 Å². The summed E-state index contributed by atoms with van der Waals surface area (Å²) in [6.07, 6.45) is 13.3. The first kappa shape index (κ1) is 32.8. The highest BCUT2D eigenvalue weighted by molar-refractivity contribution is 7.89. The number of hydrogen-bond acceptors (Lipinski definition) is 7. The predicted octanol–water partition coefficient (Wildman–Crippen LogP) is 4.62. The average molecular weight is 614 g/mol. The molecule has 3 aromatic rings. The van der Waals surface area contributed by atoms with Crippen LogP contribution in [0.15, 0.2) is 53.9 Å². The van der Waals surface area contributed by atoms with Gasteiger partial charge in [0, 0.05) is 43.4 Å². The molecule has 1 fully saturated rings. The fraction of sp³-hybridized carbons (Fsp3) is 0.581. The molecule has 0 radical (unpaired) electrons. The van der Waals surface area contributed by atoms with Gasteiger partial charge in [0.25, 0.3) is 0 Å². The summed E-state index contributed by atoms with van der Waals surface area (Å²) in [7, 11) is -3.88. The minimum atomic E-state index is -3.88. The van der Waals surface area contributed by atoms with Gasteiger partial charge in [0.05, 0.1) is 18.0 Å². The van der Waals surface area contributed by atoms with Crippen LogP contribution in [0.5, 0.6) is 0 Å². The van der Waals surface area contributed by atoms with E-state index in [1.807, 2.05) is 19.1 Å². The number of carboxylic acids is 1. The maximum Gasteiger partial charge on any atom is 0.320 e. The monoisotopic (exact) mass is 613 g/mol. The second-order valence-electron chi connectivity index (χ2n) is 11.4. The van der Waals surface area contributed by atoms with Crippen molar-refractivity contribution >= 4 is 16.0 Å². The Morgan fingerprint density at radius 1 is 0.884 bits per heavy atom. The van der Waals surface area contributed by atoms with Gasteiger partial charge in [-0.05, 0) is 75.7 Å². The zero-order valence-corrected chi connectivity index (χ0v) is 26.5. The molecule has 1 aliphatic carbocycles. The topological polar surface area (TPSA) is 139 Å². The summed E-state index contributed by atoms with van der Waals surface area (Å²) >= 11 is 0. The molecule has 1 aromatic carbocycles. The Kier molecular flexibility index (Phi) is 11.9. The third-order valence-corrected chi connectivity index (χ3v) is 10.2. The third kappa shape index (κ3) is 8.53. The Morgan fingerprint density at radius 2 is 1.42 bits per heavy atom. The number of aromatic amines is 2. The van der Waals surface area contributed by atoms with E-state index in [0.717, 1.165) is 57.2 Å². The van der Waals surface area contributed by atoms with Crippen molar-refractivity contribution in [2.45, 2.75) is 108 Å². The lowest BCUT2D eigenvalue weighted by atomic mass is 9.87. The lowest BCUT2D eigenvalue weighted by Crippen LogP contribution is -2.50. The van der Waals surface area contributed by atoms with Crippen LogP contribution < -0.4 is 0 Å². The molecule has 0 saturated heterocycles. The molecule has 4 rings (SSSR count). The van der Waals surface area contributed by atoms with E-state index in [1.54, 1.807) is 36.9 Å². The average Bonchev–Trinajstić information content (AvgIpc) is 3.72. The number of carboxylic acid groups (broad SMARTS) is 1. The van der Waals surface area contributed by atoms with Gasteiger partial charge < -0.3 is 20.0 Å². The SMILES string of the molecule is CCCN(CCC)[C@H]1CC[C@H](N(Cc2ccc(S(=O)(=O)N(Cc3ncc[nH]3)Cc3ncc[nH]3)cc2)C(CC)C(=O)O)CC1.